The first kappa shape index (κ1) is 13.1. The lowest BCUT2D eigenvalue weighted by atomic mass is 10.1. The molecule has 2 rings (SSSR count). The van der Waals surface area contributed by atoms with Crippen molar-refractivity contribution in [3.8, 4) is 5.88 Å². The van der Waals surface area contributed by atoms with Crippen LogP contribution >= 0.6 is 11.6 Å². The van der Waals surface area contributed by atoms with E-state index in [1.165, 1.54) is 25.0 Å². The maximum absolute atomic E-state index is 10.7. The Balaban J connectivity index is 2.10. The van der Waals surface area contributed by atoms with Crippen LogP contribution in [-0.2, 0) is 0 Å². The van der Waals surface area contributed by atoms with E-state index in [1.54, 1.807) is 0 Å². The molecule has 0 unspecified atom stereocenters. The van der Waals surface area contributed by atoms with E-state index in [-0.39, 0.29) is 22.8 Å². The van der Waals surface area contributed by atoms with Crippen molar-refractivity contribution in [1.29, 1.82) is 0 Å². The Bertz CT molecular complexity index is 431. The van der Waals surface area contributed by atoms with Crippen molar-refractivity contribution >= 4 is 17.3 Å². The van der Waals surface area contributed by atoms with Gasteiger partial charge in [0.05, 0.1) is 17.1 Å². The molecule has 1 aromatic rings. The molecule has 1 aliphatic rings. The molecule has 1 saturated carbocycles. The average molecular weight is 271 g/mol. The molecule has 6 heteroatoms. The van der Waals surface area contributed by atoms with E-state index in [0.717, 1.165) is 25.7 Å². The minimum atomic E-state index is -0.493. The van der Waals surface area contributed by atoms with Gasteiger partial charge in [-0.25, -0.2) is 4.98 Å². The van der Waals surface area contributed by atoms with Crippen molar-refractivity contribution in [3.63, 3.8) is 0 Å². The van der Waals surface area contributed by atoms with E-state index < -0.39 is 4.92 Å². The smallest absolute Gasteiger partial charge is 0.277 e. The van der Waals surface area contributed by atoms with Gasteiger partial charge in [0, 0.05) is 0 Å². The van der Waals surface area contributed by atoms with Crippen LogP contribution in [0.4, 0.5) is 5.69 Å². The molecule has 5 nitrogen and oxygen atoms in total. The second kappa shape index (κ2) is 6.00. The zero-order valence-corrected chi connectivity index (χ0v) is 10.7. The quantitative estimate of drug-likeness (QED) is 0.363. The molecule has 0 N–H and O–H groups in total. The number of rotatable bonds is 3. The van der Waals surface area contributed by atoms with Gasteiger partial charge in [-0.15, -0.1) is 0 Å². The fourth-order valence-electron chi connectivity index (χ4n) is 2.16. The Morgan fingerprint density at radius 3 is 2.56 bits per heavy atom. The summed E-state index contributed by atoms with van der Waals surface area (Å²) in [7, 11) is 0. The number of nitrogens with zero attached hydrogens (tertiary/aromatic N) is 2. The Morgan fingerprint density at radius 1 is 1.28 bits per heavy atom. The Kier molecular flexibility index (Phi) is 4.36. The highest BCUT2D eigenvalue weighted by Crippen LogP contribution is 2.26. The molecule has 0 aromatic carbocycles. The van der Waals surface area contributed by atoms with Crippen molar-refractivity contribution in [1.82, 2.24) is 4.98 Å². The van der Waals surface area contributed by atoms with E-state index in [2.05, 4.69) is 4.98 Å². The maximum Gasteiger partial charge on any atom is 0.277 e. The van der Waals surface area contributed by atoms with Gasteiger partial charge in [0.2, 0.25) is 5.88 Å². The van der Waals surface area contributed by atoms with Gasteiger partial charge in [0.1, 0.15) is 11.3 Å². The molecular weight excluding hydrogens is 256 g/mol. The molecule has 0 aliphatic heterocycles. The van der Waals surface area contributed by atoms with Crippen LogP contribution in [0, 0.1) is 10.1 Å². The van der Waals surface area contributed by atoms with E-state index in [1.807, 2.05) is 0 Å². The third-order valence-electron chi connectivity index (χ3n) is 3.06. The fourth-order valence-corrected chi connectivity index (χ4v) is 2.35. The predicted octanol–water partition coefficient (Wildman–Crippen LogP) is 3.74. The summed E-state index contributed by atoms with van der Waals surface area (Å²) in [4.78, 5) is 14.2. The van der Waals surface area contributed by atoms with Crippen molar-refractivity contribution < 1.29 is 9.66 Å². The fraction of sp³-hybridized carbons (Fsp3) is 0.583. The van der Waals surface area contributed by atoms with Crippen molar-refractivity contribution in [2.24, 2.45) is 0 Å². The third kappa shape index (κ3) is 3.57. The lowest BCUT2D eigenvalue weighted by Gasteiger charge is -2.15. The molecule has 0 spiro atoms. The number of hydrogen-bond donors (Lipinski definition) is 0. The third-order valence-corrected chi connectivity index (χ3v) is 3.25. The van der Waals surface area contributed by atoms with Gasteiger partial charge < -0.3 is 4.74 Å². The van der Waals surface area contributed by atoms with Crippen LogP contribution in [0.15, 0.2) is 12.1 Å². The molecule has 18 heavy (non-hydrogen) atoms. The molecule has 1 fully saturated rings. The zero-order chi connectivity index (χ0) is 13.0. The van der Waals surface area contributed by atoms with Crippen LogP contribution in [0.25, 0.3) is 0 Å². The Labute approximate surface area is 110 Å². The molecule has 0 atom stereocenters. The molecule has 98 valence electrons. The Hall–Kier alpha value is -1.36. The lowest BCUT2D eigenvalue weighted by Crippen LogP contribution is -2.15. The molecule has 0 radical (unpaired) electrons. The van der Waals surface area contributed by atoms with Crippen molar-refractivity contribution in [2.75, 3.05) is 0 Å². The lowest BCUT2D eigenvalue weighted by molar-refractivity contribution is -0.385. The second-order valence-corrected chi connectivity index (χ2v) is 4.86. The van der Waals surface area contributed by atoms with Crippen LogP contribution < -0.4 is 4.74 Å². The first-order valence-electron chi connectivity index (χ1n) is 6.14. The maximum atomic E-state index is 10.7. The number of pyridine rings is 1. The molecule has 1 aliphatic carbocycles. The molecule has 1 aromatic heterocycles. The van der Waals surface area contributed by atoms with Gasteiger partial charge in [-0.3, -0.25) is 10.1 Å². The Morgan fingerprint density at radius 2 is 1.94 bits per heavy atom. The zero-order valence-electron chi connectivity index (χ0n) is 9.97. The largest absolute Gasteiger partial charge is 0.474 e. The second-order valence-electron chi connectivity index (χ2n) is 4.47. The highest BCUT2D eigenvalue weighted by molar-refractivity contribution is 6.29. The molecular formula is C12H15ClN2O3. The van der Waals surface area contributed by atoms with Crippen LogP contribution in [-0.4, -0.2) is 16.0 Å². The number of hydrogen-bond acceptors (Lipinski definition) is 4. The first-order valence-corrected chi connectivity index (χ1v) is 6.51. The van der Waals surface area contributed by atoms with E-state index in [9.17, 15) is 10.1 Å². The summed E-state index contributed by atoms with van der Waals surface area (Å²) in [6.07, 6.45) is 6.76. The van der Waals surface area contributed by atoms with E-state index in [4.69, 9.17) is 16.3 Å². The minimum absolute atomic E-state index is 0.0846. The normalized spacial score (nSPS) is 17.2. The summed E-state index contributed by atoms with van der Waals surface area (Å²) in [5, 5.41) is 10.8. The number of aromatic nitrogens is 1. The number of halogens is 1. The van der Waals surface area contributed by atoms with Crippen LogP contribution in [0.2, 0.25) is 5.15 Å². The number of nitro groups is 1. The van der Waals surface area contributed by atoms with Crippen LogP contribution in [0.1, 0.15) is 38.5 Å². The highest BCUT2D eigenvalue weighted by atomic mass is 35.5. The van der Waals surface area contributed by atoms with E-state index >= 15 is 0 Å². The van der Waals surface area contributed by atoms with Gasteiger partial charge >= 0.3 is 0 Å². The van der Waals surface area contributed by atoms with Gasteiger partial charge in [-0.2, -0.15) is 0 Å². The minimum Gasteiger partial charge on any atom is -0.474 e. The average Bonchev–Trinajstić information content (AvgIpc) is 2.57. The first-order chi connectivity index (χ1) is 8.65. The van der Waals surface area contributed by atoms with Gasteiger partial charge in [-0.05, 0) is 25.7 Å². The number of ether oxygens (including phenoxy) is 1. The summed E-state index contributed by atoms with van der Waals surface area (Å²) in [5.74, 6) is 0.251. The summed E-state index contributed by atoms with van der Waals surface area (Å²) in [5.41, 5.74) is -0.0846. The van der Waals surface area contributed by atoms with Crippen LogP contribution in [0.3, 0.4) is 0 Å². The monoisotopic (exact) mass is 270 g/mol. The SMILES string of the molecule is O=[N+]([O-])c1cc(Cl)nc(OC2CCCCCC2)c1. The van der Waals surface area contributed by atoms with E-state index in [0.29, 0.717) is 0 Å². The summed E-state index contributed by atoms with van der Waals surface area (Å²) in [6.45, 7) is 0. The van der Waals surface area contributed by atoms with Crippen molar-refractivity contribution in [2.45, 2.75) is 44.6 Å². The van der Waals surface area contributed by atoms with Crippen LogP contribution in [0.5, 0.6) is 5.88 Å². The summed E-state index contributed by atoms with van der Waals surface area (Å²) < 4.78 is 5.71. The predicted molar refractivity (Wildman–Crippen MR) is 68.0 cm³/mol. The highest BCUT2D eigenvalue weighted by Gasteiger charge is 2.17. The molecule has 0 amide bonds. The van der Waals surface area contributed by atoms with Gasteiger partial charge in [0.15, 0.2) is 0 Å². The molecule has 0 bridgehead atoms. The molecule has 1 heterocycles. The summed E-state index contributed by atoms with van der Waals surface area (Å²) in [6, 6.07) is 2.55. The standard InChI is InChI=1S/C12H15ClN2O3/c13-11-7-9(15(16)17)8-12(14-11)18-10-5-3-1-2-4-6-10/h7-8,10H,1-6H2. The van der Waals surface area contributed by atoms with Crippen molar-refractivity contribution in [3.05, 3.63) is 27.4 Å². The summed E-state index contributed by atoms with van der Waals surface area (Å²) >= 11 is 5.75. The topological polar surface area (TPSA) is 65.3 Å². The molecule has 0 saturated heterocycles. The van der Waals surface area contributed by atoms with Gasteiger partial charge in [-0.1, -0.05) is 24.4 Å². The van der Waals surface area contributed by atoms with Gasteiger partial charge in [0.25, 0.3) is 5.69 Å².